The zero-order valence-corrected chi connectivity index (χ0v) is 17.7. The Hall–Kier alpha value is -3.55. The van der Waals surface area contributed by atoms with Crippen molar-refractivity contribution >= 4 is 23.6 Å². The minimum absolute atomic E-state index is 0.0216. The van der Waals surface area contributed by atoms with Gasteiger partial charge in [0.15, 0.2) is 6.61 Å². The van der Waals surface area contributed by atoms with Gasteiger partial charge in [0, 0.05) is 11.9 Å². The summed E-state index contributed by atoms with van der Waals surface area (Å²) in [6.07, 6.45) is 6.46. The number of carbonyl (C=O) groups is 3. The first kappa shape index (κ1) is 22.7. The van der Waals surface area contributed by atoms with Crippen LogP contribution in [0.5, 0.6) is 5.75 Å². The first-order valence-corrected chi connectivity index (χ1v) is 9.28. The molecule has 0 spiro atoms. The van der Waals surface area contributed by atoms with Crippen molar-refractivity contribution in [2.45, 2.75) is 20.8 Å². The highest BCUT2D eigenvalue weighted by Crippen LogP contribution is 2.33. The molecule has 0 aromatic heterocycles. The molecule has 0 unspecified atom stereocenters. The molecule has 0 bridgehead atoms. The Morgan fingerprint density at radius 1 is 0.967 bits per heavy atom. The van der Waals surface area contributed by atoms with Gasteiger partial charge in [-0.05, 0) is 56.2 Å². The molecule has 0 N–H and O–H groups in total. The van der Waals surface area contributed by atoms with Crippen molar-refractivity contribution in [3.05, 3.63) is 59.0 Å². The van der Waals surface area contributed by atoms with Crippen LogP contribution in [-0.2, 0) is 28.6 Å². The van der Waals surface area contributed by atoms with Gasteiger partial charge in [-0.1, -0.05) is 6.08 Å². The van der Waals surface area contributed by atoms with Gasteiger partial charge in [-0.2, -0.15) is 0 Å². The van der Waals surface area contributed by atoms with E-state index in [4.69, 9.17) is 18.9 Å². The number of anilines is 1. The van der Waals surface area contributed by atoms with Gasteiger partial charge in [-0.25, -0.2) is 14.4 Å². The second-order valence-corrected chi connectivity index (χ2v) is 6.32. The van der Waals surface area contributed by atoms with Crippen molar-refractivity contribution in [1.29, 1.82) is 0 Å². The van der Waals surface area contributed by atoms with Crippen LogP contribution in [0.15, 0.2) is 47.8 Å². The molecule has 1 aromatic rings. The number of esters is 3. The quantitative estimate of drug-likeness (QED) is 0.496. The summed E-state index contributed by atoms with van der Waals surface area (Å²) in [4.78, 5) is 37.9. The van der Waals surface area contributed by atoms with Gasteiger partial charge in [-0.15, -0.1) is 0 Å². The number of allylic oxidation sites excluding steroid dienone is 2. The third-order valence-corrected chi connectivity index (χ3v) is 4.25. The standard InChI is InChI=1S/C22H25NO7/c1-6-29-18(24)13-30-20-14(2)11-16(12-15(20)3)23-10-8-7-9-17(21(25)27-4)19(23)22(26)28-5/h7-12H,6,13H2,1-5H3. The van der Waals surface area contributed by atoms with E-state index in [9.17, 15) is 14.4 Å². The summed E-state index contributed by atoms with van der Waals surface area (Å²) in [5.41, 5.74) is 2.17. The van der Waals surface area contributed by atoms with E-state index >= 15 is 0 Å². The molecule has 8 nitrogen and oxygen atoms in total. The summed E-state index contributed by atoms with van der Waals surface area (Å²) in [6, 6.07) is 3.56. The highest BCUT2D eigenvalue weighted by Gasteiger charge is 2.28. The van der Waals surface area contributed by atoms with E-state index in [1.165, 1.54) is 20.3 Å². The van der Waals surface area contributed by atoms with E-state index in [2.05, 4.69) is 0 Å². The molecule has 1 aliphatic rings. The number of benzene rings is 1. The van der Waals surface area contributed by atoms with Crippen LogP contribution in [0.4, 0.5) is 5.69 Å². The van der Waals surface area contributed by atoms with Crippen LogP contribution in [0.2, 0.25) is 0 Å². The molecule has 160 valence electrons. The van der Waals surface area contributed by atoms with Crippen LogP contribution in [0.3, 0.4) is 0 Å². The molecule has 0 saturated heterocycles. The fraction of sp³-hybridized carbons (Fsp3) is 0.318. The molecule has 1 heterocycles. The predicted octanol–water partition coefficient (Wildman–Crippen LogP) is 2.74. The third-order valence-electron chi connectivity index (χ3n) is 4.25. The molecule has 0 atom stereocenters. The molecule has 0 fully saturated rings. The van der Waals surface area contributed by atoms with Gasteiger partial charge < -0.3 is 23.8 Å². The Labute approximate surface area is 175 Å². The normalized spacial score (nSPS) is 13.0. The summed E-state index contributed by atoms with van der Waals surface area (Å²) in [7, 11) is 2.48. The highest BCUT2D eigenvalue weighted by atomic mass is 16.6. The zero-order valence-electron chi connectivity index (χ0n) is 17.7. The molecule has 0 amide bonds. The Morgan fingerprint density at radius 2 is 1.60 bits per heavy atom. The molecule has 8 heteroatoms. The summed E-state index contributed by atoms with van der Waals surface area (Å²) < 4.78 is 20.2. The first-order valence-electron chi connectivity index (χ1n) is 9.28. The van der Waals surface area contributed by atoms with E-state index in [-0.39, 0.29) is 24.5 Å². The number of nitrogens with zero attached hydrogens (tertiary/aromatic N) is 1. The topological polar surface area (TPSA) is 91.4 Å². The summed E-state index contributed by atoms with van der Waals surface area (Å²) in [5, 5.41) is 0. The minimum atomic E-state index is -0.690. The van der Waals surface area contributed by atoms with Gasteiger partial charge in [0.1, 0.15) is 11.4 Å². The van der Waals surface area contributed by atoms with Gasteiger partial charge in [0.25, 0.3) is 0 Å². The van der Waals surface area contributed by atoms with Crippen LogP contribution < -0.4 is 9.64 Å². The average Bonchev–Trinajstić information content (AvgIpc) is 2.95. The lowest BCUT2D eigenvalue weighted by Gasteiger charge is -2.24. The number of hydrogen-bond donors (Lipinski definition) is 0. The monoisotopic (exact) mass is 415 g/mol. The summed E-state index contributed by atoms with van der Waals surface area (Å²) in [5.74, 6) is -1.27. The lowest BCUT2D eigenvalue weighted by atomic mass is 10.1. The van der Waals surface area contributed by atoms with Crippen molar-refractivity contribution in [3.8, 4) is 5.75 Å². The van der Waals surface area contributed by atoms with Crippen molar-refractivity contribution in [2.75, 3.05) is 32.3 Å². The number of ether oxygens (including phenoxy) is 4. The van der Waals surface area contributed by atoms with Crippen molar-refractivity contribution in [3.63, 3.8) is 0 Å². The van der Waals surface area contributed by atoms with Crippen LogP contribution in [-0.4, -0.2) is 45.3 Å². The van der Waals surface area contributed by atoms with E-state index in [1.54, 1.807) is 42.3 Å². The molecule has 0 aliphatic carbocycles. The average molecular weight is 415 g/mol. The zero-order chi connectivity index (χ0) is 22.3. The van der Waals surface area contributed by atoms with Crippen molar-refractivity contribution < 1.29 is 33.3 Å². The highest BCUT2D eigenvalue weighted by molar-refractivity contribution is 6.05. The van der Waals surface area contributed by atoms with E-state index in [0.717, 1.165) is 11.1 Å². The molecule has 30 heavy (non-hydrogen) atoms. The van der Waals surface area contributed by atoms with Gasteiger partial charge in [0.2, 0.25) is 0 Å². The number of rotatable bonds is 7. The maximum atomic E-state index is 12.5. The molecular formula is C22H25NO7. The Bertz CT molecular complexity index is 904. The van der Waals surface area contributed by atoms with Crippen LogP contribution in [0.25, 0.3) is 0 Å². The molecular weight excluding hydrogens is 390 g/mol. The molecule has 1 aromatic carbocycles. The van der Waals surface area contributed by atoms with Crippen LogP contribution >= 0.6 is 0 Å². The van der Waals surface area contributed by atoms with Crippen molar-refractivity contribution in [1.82, 2.24) is 0 Å². The number of hydrogen-bond acceptors (Lipinski definition) is 8. The smallest absolute Gasteiger partial charge is 0.355 e. The minimum Gasteiger partial charge on any atom is -0.481 e. The molecule has 2 rings (SSSR count). The summed E-state index contributed by atoms with van der Waals surface area (Å²) >= 11 is 0. The number of aryl methyl sites for hydroxylation is 2. The SMILES string of the molecule is CCOC(=O)COc1c(C)cc(N2C=CC=CC(C(=O)OC)=C2C(=O)OC)cc1C. The van der Waals surface area contributed by atoms with Crippen LogP contribution in [0.1, 0.15) is 18.1 Å². The Kier molecular flexibility index (Phi) is 7.80. The molecule has 1 aliphatic heterocycles. The van der Waals surface area contributed by atoms with Crippen molar-refractivity contribution in [2.24, 2.45) is 0 Å². The van der Waals surface area contributed by atoms with Crippen LogP contribution in [0, 0.1) is 13.8 Å². The van der Waals surface area contributed by atoms with Gasteiger partial charge in [0.05, 0.1) is 26.4 Å². The second kappa shape index (κ2) is 10.3. The largest absolute Gasteiger partial charge is 0.481 e. The maximum Gasteiger partial charge on any atom is 0.355 e. The maximum absolute atomic E-state index is 12.5. The van der Waals surface area contributed by atoms with E-state index < -0.39 is 17.9 Å². The van der Waals surface area contributed by atoms with E-state index in [1.807, 2.05) is 13.8 Å². The molecule has 0 radical (unpaired) electrons. The third kappa shape index (κ3) is 5.08. The lowest BCUT2D eigenvalue weighted by molar-refractivity contribution is -0.145. The number of carbonyl (C=O) groups excluding carboxylic acids is 3. The fourth-order valence-electron chi connectivity index (χ4n) is 2.99. The Morgan fingerprint density at radius 3 is 2.17 bits per heavy atom. The lowest BCUT2D eigenvalue weighted by Crippen LogP contribution is -2.27. The van der Waals surface area contributed by atoms with Gasteiger partial charge >= 0.3 is 17.9 Å². The fourth-order valence-corrected chi connectivity index (χ4v) is 2.99. The predicted molar refractivity (Wildman–Crippen MR) is 110 cm³/mol. The number of methoxy groups -OCH3 is 2. The first-order chi connectivity index (χ1) is 14.3. The summed E-state index contributed by atoms with van der Waals surface area (Å²) in [6.45, 7) is 5.43. The van der Waals surface area contributed by atoms with Gasteiger partial charge in [-0.3, -0.25) is 0 Å². The molecule has 0 saturated carbocycles. The second-order valence-electron chi connectivity index (χ2n) is 6.32. The Balaban J connectivity index is 2.49. The van der Waals surface area contributed by atoms with E-state index in [0.29, 0.717) is 11.4 Å².